The standard InChI is InChI=1S/C35H68/c1-7-9-13-21-31(3)23-19-29-34(25-15-11-16-26-34)33(5,6)35(27-17-12-18-28-35)30-20-24-32(4)22-14-10-8-2/h31-32H,7-30H2,1-6H3. The summed E-state index contributed by atoms with van der Waals surface area (Å²) in [6.07, 6.45) is 35.5. The molecule has 0 amide bonds. The van der Waals surface area contributed by atoms with Gasteiger partial charge in [0.15, 0.2) is 0 Å². The van der Waals surface area contributed by atoms with Crippen molar-refractivity contribution in [1.29, 1.82) is 0 Å². The minimum Gasteiger partial charge on any atom is -0.0654 e. The van der Waals surface area contributed by atoms with Gasteiger partial charge in [-0.25, -0.2) is 0 Å². The highest BCUT2D eigenvalue weighted by atomic mass is 14.6. The molecule has 2 aliphatic rings. The Kier molecular flexibility index (Phi) is 14.3. The zero-order valence-electron chi connectivity index (χ0n) is 25.6. The lowest BCUT2D eigenvalue weighted by molar-refractivity contribution is -0.114. The maximum absolute atomic E-state index is 2.79. The Balaban J connectivity index is 2.07. The predicted octanol–water partition coefficient (Wildman–Crippen LogP) is 12.7. The van der Waals surface area contributed by atoms with Crippen molar-refractivity contribution in [2.45, 2.75) is 196 Å². The van der Waals surface area contributed by atoms with Gasteiger partial charge in [0, 0.05) is 0 Å². The fourth-order valence-electron chi connectivity index (χ4n) is 8.75. The molecule has 0 radical (unpaired) electrons. The molecular formula is C35H68. The fraction of sp³-hybridized carbons (Fsp3) is 1.00. The molecule has 2 rings (SSSR count). The Labute approximate surface area is 223 Å². The van der Waals surface area contributed by atoms with E-state index >= 15 is 0 Å². The summed E-state index contributed by atoms with van der Waals surface area (Å²) in [5.74, 6) is 1.87. The first-order chi connectivity index (χ1) is 16.8. The highest BCUT2D eigenvalue weighted by Crippen LogP contribution is 2.65. The van der Waals surface area contributed by atoms with Crippen LogP contribution in [0.5, 0.6) is 0 Å². The Morgan fingerprint density at radius 2 is 0.857 bits per heavy atom. The molecule has 0 aliphatic heterocycles. The summed E-state index contributed by atoms with van der Waals surface area (Å²) in [6.45, 7) is 15.3. The molecule has 2 saturated carbocycles. The summed E-state index contributed by atoms with van der Waals surface area (Å²) < 4.78 is 0. The van der Waals surface area contributed by atoms with Crippen molar-refractivity contribution in [3.8, 4) is 0 Å². The molecule has 0 heteroatoms. The van der Waals surface area contributed by atoms with Crippen molar-refractivity contribution in [2.24, 2.45) is 28.1 Å². The monoisotopic (exact) mass is 489 g/mol. The summed E-state index contributed by atoms with van der Waals surface area (Å²) in [6, 6.07) is 0. The van der Waals surface area contributed by atoms with E-state index in [2.05, 4.69) is 41.5 Å². The van der Waals surface area contributed by atoms with Gasteiger partial charge in [-0.15, -0.1) is 0 Å². The normalized spacial score (nSPS) is 22.1. The third-order valence-corrected chi connectivity index (χ3v) is 11.6. The summed E-state index contributed by atoms with van der Waals surface area (Å²) in [7, 11) is 0. The van der Waals surface area contributed by atoms with Crippen molar-refractivity contribution >= 4 is 0 Å². The van der Waals surface area contributed by atoms with E-state index in [-0.39, 0.29) is 0 Å². The number of rotatable bonds is 18. The second-order valence-electron chi connectivity index (χ2n) is 14.3. The first kappa shape index (κ1) is 31.2. The molecule has 0 bridgehead atoms. The van der Waals surface area contributed by atoms with Gasteiger partial charge in [0.1, 0.15) is 0 Å². The molecule has 2 aliphatic carbocycles. The van der Waals surface area contributed by atoms with E-state index in [4.69, 9.17) is 0 Å². The maximum atomic E-state index is 2.79. The number of unbranched alkanes of at least 4 members (excludes halogenated alkanes) is 4. The molecule has 0 aromatic rings. The second kappa shape index (κ2) is 16.1. The van der Waals surface area contributed by atoms with Crippen molar-refractivity contribution in [2.75, 3.05) is 0 Å². The van der Waals surface area contributed by atoms with Crippen LogP contribution in [0.15, 0.2) is 0 Å². The lowest BCUT2D eigenvalue weighted by Crippen LogP contribution is -2.52. The Bertz CT molecular complexity index is 470. The van der Waals surface area contributed by atoms with Gasteiger partial charge in [0.05, 0.1) is 0 Å². The molecule has 0 aromatic carbocycles. The van der Waals surface area contributed by atoms with Crippen LogP contribution in [0.1, 0.15) is 196 Å². The average Bonchev–Trinajstić information content (AvgIpc) is 2.85. The van der Waals surface area contributed by atoms with Crippen LogP contribution in [0.2, 0.25) is 0 Å². The summed E-state index contributed by atoms with van der Waals surface area (Å²) in [4.78, 5) is 0. The molecule has 0 aromatic heterocycles. The quantitative estimate of drug-likeness (QED) is 0.168. The highest BCUT2D eigenvalue weighted by Gasteiger charge is 2.55. The SMILES string of the molecule is CCCCCC(C)CCCC1(C(C)(C)C2(CCCC(C)CCCCC)CCCCC2)CCCCC1. The third kappa shape index (κ3) is 9.06. The lowest BCUT2D eigenvalue weighted by atomic mass is 9.44. The van der Waals surface area contributed by atoms with Crippen LogP contribution in [-0.2, 0) is 0 Å². The van der Waals surface area contributed by atoms with Crippen LogP contribution in [-0.4, -0.2) is 0 Å². The van der Waals surface area contributed by atoms with Gasteiger partial charge in [-0.05, 0) is 66.6 Å². The van der Waals surface area contributed by atoms with Crippen molar-refractivity contribution < 1.29 is 0 Å². The number of hydrogen-bond acceptors (Lipinski definition) is 0. The molecule has 2 atom stereocenters. The van der Waals surface area contributed by atoms with E-state index in [1.54, 1.807) is 0 Å². The van der Waals surface area contributed by atoms with Crippen LogP contribution in [0, 0.1) is 28.1 Å². The van der Waals surface area contributed by atoms with Gasteiger partial charge in [-0.1, -0.05) is 157 Å². The van der Waals surface area contributed by atoms with E-state index in [0.717, 1.165) is 11.8 Å². The molecule has 2 fully saturated rings. The molecule has 35 heavy (non-hydrogen) atoms. The lowest BCUT2D eigenvalue weighted by Gasteiger charge is -2.61. The topological polar surface area (TPSA) is 0 Å². The van der Waals surface area contributed by atoms with E-state index in [0.29, 0.717) is 16.2 Å². The molecule has 0 spiro atoms. The van der Waals surface area contributed by atoms with E-state index in [1.165, 1.54) is 154 Å². The second-order valence-corrected chi connectivity index (χ2v) is 14.3. The maximum Gasteiger partial charge on any atom is -0.0241 e. The van der Waals surface area contributed by atoms with Crippen molar-refractivity contribution in [3.05, 3.63) is 0 Å². The molecular weight excluding hydrogens is 420 g/mol. The molecule has 0 nitrogen and oxygen atoms in total. The largest absolute Gasteiger partial charge is 0.0654 e. The summed E-state index contributed by atoms with van der Waals surface area (Å²) >= 11 is 0. The van der Waals surface area contributed by atoms with Crippen LogP contribution in [0.4, 0.5) is 0 Å². The fourth-order valence-corrected chi connectivity index (χ4v) is 8.75. The first-order valence-electron chi connectivity index (χ1n) is 16.8. The average molecular weight is 489 g/mol. The van der Waals surface area contributed by atoms with Gasteiger partial charge in [0.25, 0.3) is 0 Å². The summed E-state index contributed by atoms with van der Waals surface area (Å²) in [5.41, 5.74) is 1.72. The molecule has 2 unspecified atom stereocenters. The molecule has 0 saturated heterocycles. The van der Waals surface area contributed by atoms with Crippen molar-refractivity contribution in [3.63, 3.8) is 0 Å². The minimum absolute atomic E-state index is 0.498. The van der Waals surface area contributed by atoms with Crippen LogP contribution < -0.4 is 0 Å². The van der Waals surface area contributed by atoms with Gasteiger partial charge in [-0.2, -0.15) is 0 Å². The van der Waals surface area contributed by atoms with Gasteiger partial charge in [-0.3, -0.25) is 0 Å². The van der Waals surface area contributed by atoms with E-state index in [9.17, 15) is 0 Å². The van der Waals surface area contributed by atoms with Crippen LogP contribution >= 0.6 is 0 Å². The third-order valence-electron chi connectivity index (χ3n) is 11.6. The Morgan fingerprint density at radius 3 is 1.20 bits per heavy atom. The molecule has 208 valence electrons. The molecule has 0 N–H and O–H groups in total. The molecule has 0 heterocycles. The minimum atomic E-state index is 0.498. The van der Waals surface area contributed by atoms with Crippen LogP contribution in [0.3, 0.4) is 0 Å². The van der Waals surface area contributed by atoms with Crippen LogP contribution in [0.25, 0.3) is 0 Å². The van der Waals surface area contributed by atoms with Gasteiger partial charge < -0.3 is 0 Å². The summed E-state index contributed by atoms with van der Waals surface area (Å²) in [5, 5.41) is 0. The van der Waals surface area contributed by atoms with Gasteiger partial charge in [0.2, 0.25) is 0 Å². The van der Waals surface area contributed by atoms with Crippen molar-refractivity contribution in [1.82, 2.24) is 0 Å². The number of hydrogen-bond donors (Lipinski definition) is 0. The van der Waals surface area contributed by atoms with E-state index in [1.807, 2.05) is 0 Å². The highest BCUT2D eigenvalue weighted by molar-refractivity contribution is 5.05. The first-order valence-corrected chi connectivity index (χ1v) is 16.8. The zero-order valence-corrected chi connectivity index (χ0v) is 25.6. The smallest absolute Gasteiger partial charge is 0.0241 e. The Hall–Kier alpha value is 0. The Morgan fingerprint density at radius 1 is 0.514 bits per heavy atom. The zero-order chi connectivity index (χ0) is 25.6. The van der Waals surface area contributed by atoms with Gasteiger partial charge >= 0.3 is 0 Å². The van der Waals surface area contributed by atoms with E-state index < -0.39 is 0 Å². The predicted molar refractivity (Wildman–Crippen MR) is 159 cm³/mol.